The Morgan fingerprint density at radius 2 is 1.88 bits per heavy atom. The number of hydrogen-bond donors (Lipinski definition) is 1. The van der Waals surface area contributed by atoms with Crippen molar-refractivity contribution in [2.75, 3.05) is 0 Å². The van der Waals surface area contributed by atoms with Crippen molar-refractivity contribution >= 4 is 5.97 Å². The molecular weight excluding hydrogens is 216 g/mol. The van der Waals surface area contributed by atoms with E-state index in [1.54, 1.807) is 31.2 Å². The average Bonchev–Trinajstić information content (AvgIpc) is 2.29. The predicted octanol–water partition coefficient (Wildman–Crippen LogP) is 3.08. The van der Waals surface area contributed by atoms with E-state index in [4.69, 9.17) is 4.74 Å². The van der Waals surface area contributed by atoms with E-state index in [1.165, 1.54) is 0 Å². The summed E-state index contributed by atoms with van der Waals surface area (Å²) in [7, 11) is 0. The second-order valence-corrected chi connectivity index (χ2v) is 4.87. The number of carbonyl (C=O) groups excluding carboxylic acids is 1. The second-order valence-electron chi connectivity index (χ2n) is 4.87. The highest BCUT2D eigenvalue weighted by Crippen LogP contribution is 2.24. The van der Waals surface area contributed by atoms with Gasteiger partial charge in [-0.3, -0.25) is 4.79 Å². The Labute approximate surface area is 102 Å². The Balaban J connectivity index is 2.73. The first kappa shape index (κ1) is 13.7. The molecule has 1 rings (SSSR count). The van der Waals surface area contributed by atoms with E-state index in [2.05, 4.69) is 0 Å². The van der Waals surface area contributed by atoms with Crippen LogP contribution in [0, 0.1) is 5.41 Å². The molecule has 94 valence electrons. The minimum atomic E-state index is -0.508. The summed E-state index contributed by atoms with van der Waals surface area (Å²) < 4.78 is 5.28. The van der Waals surface area contributed by atoms with Gasteiger partial charge < -0.3 is 9.84 Å². The predicted molar refractivity (Wildman–Crippen MR) is 66.8 cm³/mol. The molecule has 0 saturated heterocycles. The molecule has 17 heavy (non-hydrogen) atoms. The number of rotatable bonds is 4. The summed E-state index contributed by atoms with van der Waals surface area (Å²) in [5.41, 5.74) is 0.336. The van der Waals surface area contributed by atoms with E-state index in [-0.39, 0.29) is 5.97 Å². The largest absolute Gasteiger partial charge is 0.426 e. The fraction of sp³-hybridized carbons (Fsp3) is 0.500. The Morgan fingerprint density at radius 3 is 2.29 bits per heavy atom. The van der Waals surface area contributed by atoms with Gasteiger partial charge in [-0.1, -0.05) is 19.1 Å². The van der Waals surface area contributed by atoms with Gasteiger partial charge in [0, 0.05) is 0 Å². The van der Waals surface area contributed by atoms with Gasteiger partial charge in [0.2, 0.25) is 0 Å². The Bertz CT molecular complexity index is 377. The van der Waals surface area contributed by atoms with E-state index in [0.717, 1.165) is 12.0 Å². The Morgan fingerprint density at radius 1 is 1.35 bits per heavy atom. The van der Waals surface area contributed by atoms with Crippen LogP contribution in [-0.4, -0.2) is 11.1 Å². The van der Waals surface area contributed by atoms with Crippen LogP contribution in [0.25, 0.3) is 0 Å². The van der Waals surface area contributed by atoms with Crippen LogP contribution in [0.15, 0.2) is 24.3 Å². The molecule has 3 heteroatoms. The molecule has 1 unspecified atom stereocenters. The number of carbonyl (C=O) groups is 1. The summed E-state index contributed by atoms with van der Waals surface area (Å²) in [5, 5.41) is 9.36. The minimum Gasteiger partial charge on any atom is -0.426 e. The SMILES string of the molecule is CCC(C)(C)C(=O)Oc1ccc(C(C)O)cc1. The van der Waals surface area contributed by atoms with Gasteiger partial charge in [-0.05, 0) is 44.9 Å². The van der Waals surface area contributed by atoms with E-state index < -0.39 is 11.5 Å². The van der Waals surface area contributed by atoms with Gasteiger partial charge in [0.25, 0.3) is 0 Å². The van der Waals surface area contributed by atoms with Crippen LogP contribution in [0.5, 0.6) is 5.75 Å². The maximum Gasteiger partial charge on any atom is 0.316 e. The van der Waals surface area contributed by atoms with Crippen molar-refractivity contribution in [3.8, 4) is 5.75 Å². The third kappa shape index (κ3) is 3.56. The number of aliphatic hydroxyl groups is 1. The molecule has 0 saturated carbocycles. The lowest BCUT2D eigenvalue weighted by Crippen LogP contribution is -2.28. The minimum absolute atomic E-state index is 0.232. The first-order valence-corrected chi connectivity index (χ1v) is 5.87. The van der Waals surface area contributed by atoms with Crippen molar-refractivity contribution in [3.63, 3.8) is 0 Å². The van der Waals surface area contributed by atoms with Crippen LogP contribution >= 0.6 is 0 Å². The van der Waals surface area contributed by atoms with Crippen molar-refractivity contribution in [2.24, 2.45) is 5.41 Å². The number of esters is 1. The van der Waals surface area contributed by atoms with Crippen molar-refractivity contribution in [1.82, 2.24) is 0 Å². The van der Waals surface area contributed by atoms with Crippen LogP contribution in [-0.2, 0) is 4.79 Å². The van der Waals surface area contributed by atoms with Crippen molar-refractivity contribution in [1.29, 1.82) is 0 Å². The van der Waals surface area contributed by atoms with Gasteiger partial charge in [-0.15, -0.1) is 0 Å². The average molecular weight is 236 g/mol. The number of aliphatic hydroxyl groups excluding tert-OH is 1. The number of ether oxygens (including phenoxy) is 1. The summed E-state index contributed by atoms with van der Waals surface area (Å²) in [4.78, 5) is 11.8. The summed E-state index contributed by atoms with van der Waals surface area (Å²) in [6.45, 7) is 7.37. The van der Waals surface area contributed by atoms with Crippen LogP contribution in [0.4, 0.5) is 0 Å². The lowest BCUT2D eigenvalue weighted by atomic mass is 9.91. The van der Waals surface area contributed by atoms with E-state index in [0.29, 0.717) is 5.75 Å². The van der Waals surface area contributed by atoms with Gasteiger partial charge in [0.05, 0.1) is 11.5 Å². The zero-order valence-electron chi connectivity index (χ0n) is 10.9. The number of benzene rings is 1. The van der Waals surface area contributed by atoms with Crippen LogP contribution in [0.1, 0.15) is 45.8 Å². The second kappa shape index (κ2) is 5.32. The molecule has 0 aliphatic heterocycles. The molecule has 0 aliphatic rings. The Kier molecular flexibility index (Phi) is 4.29. The number of hydrogen-bond acceptors (Lipinski definition) is 3. The zero-order chi connectivity index (χ0) is 13.1. The molecule has 0 aromatic heterocycles. The summed E-state index contributed by atoms with van der Waals surface area (Å²) in [5.74, 6) is 0.283. The molecule has 1 aromatic rings. The van der Waals surface area contributed by atoms with Gasteiger partial charge in [0.15, 0.2) is 0 Å². The van der Waals surface area contributed by atoms with Gasteiger partial charge >= 0.3 is 5.97 Å². The molecule has 0 fully saturated rings. The monoisotopic (exact) mass is 236 g/mol. The highest BCUT2D eigenvalue weighted by molar-refractivity contribution is 5.78. The van der Waals surface area contributed by atoms with Gasteiger partial charge in [0.1, 0.15) is 5.75 Å². The zero-order valence-corrected chi connectivity index (χ0v) is 10.9. The van der Waals surface area contributed by atoms with E-state index >= 15 is 0 Å². The first-order chi connectivity index (χ1) is 7.86. The molecule has 0 heterocycles. The van der Waals surface area contributed by atoms with Gasteiger partial charge in [-0.2, -0.15) is 0 Å². The Hall–Kier alpha value is -1.35. The van der Waals surface area contributed by atoms with Crippen molar-refractivity contribution in [3.05, 3.63) is 29.8 Å². The fourth-order valence-electron chi connectivity index (χ4n) is 1.20. The molecule has 1 aromatic carbocycles. The van der Waals surface area contributed by atoms with Crippen molar-refractivity contribution < 1.29 is 14.6 Å². The topological polar surface area (TPSA) is 46.5 Å². The normalized spacial score (nSPS) is 13.2. The van der Waals surface area contributed by atoms with Crippen LogP contribution in [0.3, 0.4) is 0 Å². The highest BCUT2D eigenvalue weighted by Gasteiger charge is 2.27. The van der Waals surface area contributed by atoms with Crippen molar-refractivity contribution in [2.45, 2.75) is 40.2 Å². The summed E-state index contributed by atoms with van der Waals surface area (Å²) in [6.07, 6.45) is 0.226. The van der Waals surface area contributed by atoms with E-state index in [1.807, 2.05) is 20.8 Å². The molecule has 0 aliphatic carbocycles. The lowest BCUT2D eigenvalue weighted by molar-refractivity contribution is -0.144. The van der Waals surface area contributed by atoms with Gasteiger partial charge in [-0.25, -0.2) is 0 Å². The fourth-order valence-corrected chi connectivity index (χ4v) is 1.20. The molecule has 0 spiro atoms. The summed E-state index contributed by atoms with van der Waals surface area (Å²) in [6, 6.07) is 6.91. The third-order valence-electron chi connectivity index (χ3n) is 3.01. The molecular formula is C14H20O3. The first-order valence-electron chi connectivity index (χ1n) is 5.87. The maximum absolute atomic E-state index is 11.8. The van der Waals surface area contributed by atoms with Crippen LogP contribution < -0.4 is 4.74 Å². The standard InChI is InChI=1S/C14H20O3/c1-5-14(3,4)13(16)17-12-8-6-11(7-9-12)10(2)15/h6-10,15H,5H2,1-4H3. The molecule has 0 radical (unpaired) electrons. The highest BCUT2D eigenvalue weighted by atomic mass is 16.5. The molecule has 0 amide bonds. The third-order valence-corrected chi connectivity index (χ3v) is 3.01. The lowest BCUT2D eigenvalue weighted by Gasteiger charge is -2.20. The molecule has 0 bridgehead atoms. The van der Waals surface area contributed by atoms with E-state index in [9.17, 15) is 9.90 Å². The smallest absolute Gasteiger partial charge is 0.316 e. The maximum atomic E-state index is 11.8. The van der Waals surface area contributed by atoms with Crippen LogP contribution in [0.2, 0.25) is 0 Å². The quantitative estimate of drug-likeness (QED) is 0.645. The molecule has 1 atom stereocenters. The molecule has 3 nitrogen and oxygen atoms in total. The summed E-state index contributed by atoms with van der Waals surface area (Å²) >= 11 is 0. The molecule has 1 N–H and O–H groups in total.